The minimum atomic E-state index is -0.241. The summed E-state index contributed by atoms with van der Waals surface area (Å²) in [7, 11) is 0. The van der Waals surface area contributed by atoms with E-state index in [1.807, 2.05) is 0 Å². The number of benzene rings is 2. The average Bonchev–Trinajstić information content (AvgIpc) is 2.76. The van der Waals surface area contributed by atoms with Crippen LogP contribution in [0, 0.1) is 0 Å². The third-order valence-electron chi connectivity index (χ3n) is 3.74. The van der Waals surface area contributed by atoms with E-state index in [1.165, 1.54) is 23.9 Å². The van der Waals surface area contributed by atoms with Gasteiger partial charge in [0.05, 0.1) is 23.0 Å². The van der Waals surface area contributed by atoms with Crippen LogP contribution in [-0.4, -0.2) is 48.2 Å². The Hall–Kier alpha value is -2.87. The maximum Gasteiger partial charge on any atom is 0.185 e. The largest absolute Gasteiger partial charge is 0.490 e. The summed E-state index contributed by atoms with van der Waals surface area (Å²) in [4.78, 5) is 25.2. The van der Waals surface area contributed by atoms with Crippen LogP contribution in [-0.2, 0) is 0 Å². The lowest BCUT2D eigenvalue weighted by atomic mass is 10.1. The van der Waals surface area contributed by atoms with Crippen molar-refractivity contribution in [2.45, 2.75) is 9.79 Å². The van der Waals surface area contributed by atoms with Gasteiger partial charge < -0.3 is 19.7 Å². The Kier molecular flexibility index (Phi) is 8.67. The summed E-state index contributed by atoms with van der Waals surface area (Å²) in [6, 6.07) is 9.95. The first-order valence-corrected chi connectivity index (χ1v) is 9.62. The molecule has 2 aromatic carbocycles. The van der Waals surface area contributed by atoms with Gasteiger partial charge in [-0.1, -0.05) is 24.9 Å². The standard InChI is InChI=1S/C22H22O6S/c1-3-17(25)15-5-7-21(19(13-15)27-11-9-23)29-22-8-6-16(18(26)4-2)14-20(22)28-12-10-24/h3-8,13-14,23-24H,1-2,9-12H2. The number of hydrogen-bond acceptors (Lipinski definition) is 7. The van der Waals surface area contributed by atoms with Gasteiger partial charge in [0.2, 0.25) is 0 Å². The van der Waals surface area contributed by atoms with Crippen LogP contribution in [0.3, 0.4) is 0 Å². The zero-order valence-electron chi connectivity index (χ0n) is 15.8. The van der Waals surface area contributed by atoms with Gasteiger partial charge in [0.1, 0.15) is 24.7 Å². The van der Waals surface area contributed by atoms with Gasteiger partial charge in [0, 0.05) is 11.1 Å². The monoisotopic (exact) mass is 414 g/mol. The molecule has 0 bridgehead atoms. The van der Waals surface area contributed by atoms with E-state index in [0.29, 0.717) is 32.4 Å². The first-order valence-electron chi connectivity index (χ1n) is 8.80. The third-order valence-corrected chi connectivity index (χ3v) is 4.86. The molecule has 0 saturated heterocycles. The Labute approximate surface area is 173 Å². The van der Waals surface area contributed by atoms with Crippen molar-refractivity contribution < 1.29 is 29.3 Å². The average molecular weight is 414 g/mol. The maximum atomic E-state index is 11.9. The van der Waals surface area contributed by atoms with E-state index in [1.54, 1.807) is 36.4 Å². The van der Waals surface area contributed by atoms with Gasteiger partial charge in [0.25, 0.3) is 0 Å². The van der Waals surface area contributed by atoms with E-state index in [2.05, 4.69) is 13.2 Å². The zero-order valence-corrected chi connectivity index (χ0v) is 16.6. The predicted octanol–water partition coefficient (Wildman–Crippen LogP) is 3.32. The second-order valence-electron chi connectivity index (χ2n) is 5.71. The lowest BCUT2D eigenvalue weighted by molar-refractivity contribution is 0.103. The molecule has 6 nitrogen and oxygen atoms in total. The van der Waals surface area contributed by atoms with Crippen molar-refractivity contribution in [1.82, 2.24) is 0 Å². The summed E-state index contributed by atoms with van der Waals surface area (Å²) in [6.07, 6.45) is 2.43. The first kappa shape index (κ1) is 22.4. The molecule has 0 atom stereocenters. The van der Waals surface area contributed by atoms with Gasteiger partial charge in [-0.2, -0.15) is 0 Å². The highest BCUT2D eigenvalue weighted by Crippen LogP contribution is 2.40. The van der Waals surface area contributed by atoms with Crippen LogP contribution in [0.15, 0.2) is 71.5 Å². The number of ether oxygens (including phenoxy) is 2. The van der Waals surface area contributed by atoms with E-state index >= 15 is 0 Å². The number of ketones is 2. The third kappa shape index (κ3) is 6.05. The number of hydrogen-bond donors (Lipinski definition) is 2. The molecule has 0 spiro atoms. The van der Waals surface area contributed by atoms with Crippen molar-refractivity contribution in [1.29, 1.82) is 0 Å². The molecular formula is C22H22O6S. The van der Waals surface area contributed by atoms with Crippen LogP contribution in [0.1, 0.15) is 20.7 Å². The number of allylic oxidation sites excluding steroid dienone is 2. The van der Waals surface area contributed by atoms with Crippen molar-refractivity contribution in [3.05, 3.63) is 72.8 Å². The lowest BCUT2D eigenvalue weighted by Crippen LogP contribution is -2.05. The van der Waals surface area contributed by atoms with Gasteiger partial charge in [-0.3, -0.25) is 9.59 Å². The molecular weight excluding hydrogens is 392 g/mol. The lowest BCUT2D eigenvalue weighted by Gasteiger charge is -2.15. The van der Waals surface area contributed by atoms with Gasteiger partial charge in [-0.05, 0) is 48.6 Å². The number of carbonyl (C=O) groups excluding carboxylic acids is 2. The molecule has 0 radical (unpaired) electrons. The number of rotatable bonds is 12. The van der Waals surface area contributed by atoms with Crippen molar-refractivity contribution in [3.8, 4) is 11.5 Å². The van der Waals surface area contributed by atoms with Crippen molar-refractivity contribution in [2.75, 3.05) is 26.4 Å². The van der Waals surface area contributed by atoms with Crippen molar-refractivity contribution >= 4 is 23.3 Å². The van der Waals surface area contributed by atoms with E-state index in [9.17, 15) is 9.59 Å². The van der Waals surface area contributed by atoms with Gasteiger partial charge in [-0.25, -0.2) is 0 Å². The topological polar surface area (TPSA) is 93.1 Å². The smallest absolute Gasteiger partial charge is 0.185 e. The predicted molar refractivity (Wildman–Crippen MR) is 111 cm³/mol. The second-order valence-corrected chi connectivity index (χ2v) is 6.79. The van der Waals surface area contributed by atoms with Crippen molar-refractivity contribution in [3.63, 3.8) is 0 Å². The molecule has 0 saturated carbocycles. The fourth-order valence-electron chi connectivity index (χ4n) is 2.38. The van der Waals surface area contributed by atoms with Gasteiger partial charge >= 0.3 is 0 Å². The fraction of sp³-hybridized carbons (Fsp3) is 0.182. The van der Waals surface area contributed by atoms with Crippen LogP contribution in [0.5, 0.6) is 11.5 Å². The van der Waals surface area contributed by atoms with Crippen LogP contribution in [0.25, 0.3) is 0 Å². The maximum absolute atomic E-state index is 11.9. The summed E-state index contributed by atoms with van der Waals surface area (Å²) in [5, 5.41) is 18.2. The molecule has 2 rings (SSSR count). The van der Waals surface area contributed by atoms with E-state index in [-0.39, 0.29) is 38.0 Å². The molecule has 0 unspecified atom stereocenters. The highest BCUT2D eigenvalue weighted by atomic mass is 32.2. The van der Waals surface area contributed by atoms with Crippen LogP contribution in [0.4, 0.5) is 0 Å². The molecule has 0 aliphatic heterocycles. The summed E-state index contributed by atoms with van der Waals surface area (Å²) >= 11 is 1.31. The molecule has 152 valence electrons. The number of carbonyl (C=O) groups is 2. The Morgan fingerprint density at radius 3 is 1.59 bits per heavy atom. The van der Waals surface area contributed by atoms with Crippen LogP contribution < -0.4 is 9.47 Å². The van der Waals surface area contributed by atoms with E-state index in [4.69, 9.17) is 19.7 Å². The molecule has 7 heteroatoms. The molecule has 0 aromatic heterocycles. The van der Waals surface area contributed by atoms with E-state index < -0.39 is 0 Å². The Morgan fingerprint density at radius 2 is 1.24 bits per heavy atom. The zero-order chi connectivity index (χ0) is 21.2. The molecule has 0 heterocycles. The van der Waals surface area contributed by atoms with Crippen LogP contribution in [0.2, 0.25) is 0 Å². The Morgan fingerprint density at radius 1 is 0.828 bits per heavy atom. The van der Waals surface area contributed by atoms with Gasteiger partial charge in [-0.15, -0.1) is 0 Å². The summed E-state index contributed by atoms with van der Waals surface area (Å²) in [5.74, 6) is 0.372. The van der Waals surface area contributed by atoms with Crippen molar-refractivity contribution in [2.24, 2.45) is 0 Å². The molecule has 0 aliphatic rings. The number of aliphatic hydroxyl groups is 2. The molecule has 0 aliphatic carbocycles. The molecule has 0 fully saturated rings. The summed E-state index contributed by atoms with van der Waals surface area (Å²) in [5.41, 5.74) is 0.835. The minimum absolute atomic E-state index is 0.0694. The summed E-state index contributed by atoms with van der Waals surface area (Å²) in [6.45, 7) is 6.75. The molecule has 29 heavy (non-hydrogen) atoms. The molecule has 2 aromatic rings. The fourth-order valence-corrected chi connectivity index (χ4v) is 3.33. The normalized spacial score (nSPS) is 10.3. The highest BCUT2D eigenvalue weighted by molar-refractivity contribution is 7.99. The number of aliphatic hydroxyl groups excluding tert-OH is 2. The second kappa shape index (κ2) is 11.2. The SMILES string of the molecule is C=CC(=O)c1ccc(Sc2ccc(C(=O)C=C)cc2OCCO)c(OCCO)c1. The minimum Gasteiger partial charge on any atom is -0.490 e. The highest BCUT2D eigenvalue weighted by Gasteiger charge is 2.15. The van der Waals surface area contributed by atoms with Gasteiger partial charge in [0.15, 0.2) is 11.6 Å². The quantitative estimate of drug-likeness (QED) is 0.406. The van der Waals surface area contributed by atoms with E-state index in [0.717, 1.165) is 0 Å². The Balaban J connectivity index is 2.42. The summed E-state index contributed by atoms with van der Waals surface area (Å²) < 4.78 is 11.2. The first-order chi connectivity index (χ1) is 14.0. The molecule has 0 amide bonds. The Bertz CT molecular complexity index is 833. The molecule has 2 N–H and O–H groups in total. The van der Waals surface area contributed by atoms with Crippen LogP contribution >= 0.6 is 11.8 Å².